The Morgan fingerprint density at radius 3 is 2.75 bits per heavy atom. The second-order valence-corrected chi connectivity index (χ2v) is 4.81. The van der Waals surface area contributed by atoms with Gasteiger partial charge in [-0.3, -0.25) is 0 Å². The molecule has 3 aromatic rings. The lowest BCUT2D eigenvalue weighted by Gasteiger charge is -2.08. The van der Waals surface area contributed by atoms with E-state index in [9.17, 15) is 0 Å². The highest BCUT2D eigenvalue weighted by Gasteiger charge is 2.12. The molecule has 2 aromatic heterocycles. The number of benzene rings is 1. The van der Waals surface area contributed by atoms with E-state index in [1.54, 1.807) is 10.9 Å². The van der Waals surface area contributed by atoms with Crippen LogP contribution in [0.2, 0.25) is 5.28 Å². The van der Waals surface area contributed by atoms with Crippen LogP contribution in [-0.2, 0) is 0 Å². The number of fused-ring (bicyclic) bond motifs is 1. The van der Waals surface area contributed by atoms with E-state index >= 15 is 0 Å². The summed E-state index contributed by atoms with van der Waals surface area (Å²) < 4.78 is 7.07. The van der Waals surface area contributed by atoms with E-state index in [4.69, 9.17) is 16.3 Å². The number of hydrogen-bond acceptors (Lipinski definition) is 5. The molecule has 0 fully saturated rings. The fourth-order valence-electron chi connectivity index (χ4n) is 1.81. The first-order valence-electron chi connectivity index (χ1n) is 6.15. The number of halogens is 1. The number of nitrogens with zero attached hydrogens (tertiary/aromatic N) is 5. The highest BCUT2D eigenvalue weighted by molar-refractivity contribution is 6.28. The molecular formula is C13H12ClN5O. The smallest absolute Gasteiger partial charge is 0.322 e. The van der Waals surface area contributed by atoms with Crippen molar-refractivity contribution in [3.63, 3.8) is 0 Å². The lowest BCUT2D eigenvalue weighted by Crippen LogP contribution is -2.12. The number of rotatable bonds is 3. The summed E-state index contributed by atoms with van der Waals surface area (Å²) in [6.45, 7) is 3.78. The fraction of sp³-hybridized carbons (Fsp3) is 0.231. The van der Waals surface area contributed by atoms with Gasteiger partial charge in [0, 0.05) is 5.39 Å². The molecule has 1 aromatic carbocycles. The Kier molecular flexibility index (Phi) is 3.23. The molecule has 0 aliphatic heterocycles. The van der Waals surface area contributed by atoms with Crippen molar-refractivity contribution in [1.82, 2.24) is 24.7 Å². The predicted octanol–water partition coefficient (Wildman–Crippen LogP) is 2.65. The standard InChI is InChI=1S/C13H12ClN5O/c1-8(2)20-13-17-11(14)16-12(18-13)19-10-6-4-3-5-9(10)7-15-19/h3-8H,1-2H3. The maximum absolute atomic E-state index is 5.92. The molecule has 0 atom stereocenters. The van der Waals surface area contributed by atoms with Crippen molar-refractivity contribution < 1.29 is 4.74 Å². The third-order valence-corrected chi connectivity index (χ3v) is 2.75. The monoisotopic (exact) mass is 289 g/mol. The number of aromatic nitrogens is 5. The van der Waals surface area contributed by atoms with Gasteiger partial charge < -0.3 is 4.74 Å². The minimum atomic E-state index is -0.0457. The summed E-state index contributed by atoms with van der Waals surface area (Å²) in [5, 5.41) is 5.35. The van der Waals surface area contributed by atoms with Gasteiger partial charge in [-0.25, -0.2) is 0 Å². The molecule has 0 bridgehead atoms. The second kappa shape index (κ2) is 5.05. The van der Waals surface area contributed by atoms with Crippen LogP contribution in [-0.4, -0.2) is 30.8 Å². The quantitative estimate of drug-likeness (QED) is 0.741. The molecule has 0 aliphatic carbocycles. The van der Waals surface area contributed by atoms with Gasteiger partial charge in [0.2, 0.25) is 5.28 Å². The Bertz CT molecular complexity index is 755. The molecule has 20 heavy (non-hydrogen) atoms. The van der Waals surface area contributed by atoms with E-state index in [0.717, 1.165) is 10.9 Å². The van der Waals surface area contributed by atoms with Crippen molar-refractivity contribution in [3.8, 4) is 12.0 Å². The molecule has 2 heterocycles. The van der Waals surface area contributed by atoms with E-state index in [1.807, 2.05) is 38.1 Å². The van der Waals surface area contributed by atoms with E-state index in [2.05, 4.69) is 20.1 Å². The molecule has 0 spiro atoms. The van der Waals surface area contributed by atoms with Crippen LogP contribution in [0, 0.1) is 0 Å². The predicted molar refractivity (Wildman–Crippen MR) is 75.2 cm³/mol. The molecular weight excluding hydrogens is 278 g/mol. The van der Waals surface area contributed by atoms with Crippen molar-refractivity contribution in [1.29, 1.82) is 0 Å². The van der Waals surface area contributed by atoms with Crippen molar-refractivity contribution in [2.24, 2.45) is 0 Å². The van der Waals surface area contributed by atoms with E-state index in [0.29, 0.717) is 5.95 Å². The Morgan fingerprint density at radius 1 is 1.15 bits per heavy atom. The summed E-state index contributed by atoms with van der Waals surface area (Å²) in [5.41, 5.74) is 0.894. The summed E-state index contributed by atoms with van der Waals surface area (Å²) in [7, 11) is 0. The van der Waals surface area contributed by atoms with Gasteiger partial charge in [0.05, 0.1) is 17.8 Å². The van der Waals surface area contributed by atoms with E-state index in [1.165, 1.54) is 0 Å². The molecule has 6 nitrogen and oxygen atoms in total. The zero-order valence-corrected chi connectivity index (χ0v) is 11.7. The second-order valence-electron chi connectivity index (χ2n) is 4.47. The molecule has 0 aliphatic rings. The maximum atomic E-state index is 5.92. The molecule has 0 radical (unpaired) electrons. The van der Waals surface area contributed by atoms with Crippen LogP contribution >= 0.6 is 11.6 Å². The van der Waals surface area contributed by atoms with E-state index < -0.39 is 0 Å². The van der Waals surface area contributed by atoms with Crippen molar-refractivity contribution in [3.05, 3.63) is 35.7 Å². The highest BCUT2D eigenvalue weighted by Crippen LogP contribution is 2.18. The third kappa shape index (κ3) is 2.42. The summed E-state index contributed by atoms with van der Waals surface area (Å²) in [6.07, 6.45) is 1.70. The zero-order valence-electron chi connectivity index (χ0n) is 11.0. The molecule has 102 valence electrons. The SMILES string of the molecule is CC(C)Oc1nc(Cl)nc(-n2ncc3ccccc32)n1. The van der Waals surface area contributed by atoms with Gasteiger partial charge in [0.15, 0.2) is 0 Å². The van der Waals surface area contributed by atoms with Gasteiger partial charge in [-0.2, -0.15) is 24.7 Å². The van der Waals surface area contributed by atoms with Gasteiger partial charge in [0.25, 0.3) is 5.95 Å². The topological polar surface area (TPSA) is 65.7 Å². The molecule has 0 saturated carbocycles. The fourth-order valence-corrected chi connectivity index (χ4v) is 1.96. The van der Waals surface area contributed by atoms with Crippen LogP contribution in [0.15, 0.2) is 30.5 Å². The largest absolute Gasteiger partial charge is 0.461 e. The Hall–Kier alpha value is -2.21. The molecule has 0 N–H and O–H groups in total. The summed E-state index contributed by atoms with van der Waals surface area (Å²) >= 11 is 5.92. The van der Waals surface area contributed by atoms with Crippen LogP contribution in [0.1, 0.15) is 13.8 Å². The first kappa shape index (κ1) is 12.8. The lowest BCUT2D eigenvalue weighted by atomic mass is 10.3. The molecule has 3 rings (SSSR count). The number of hydrogen-bond donors (Lipinski definition) is 0. The Balaban J connectivity index is 2.11. The van der Waals surface area contributed by atoms with Gasteiger partial charge in [-0.15, -0.1) is 0 Å². The van der Waals surface area contributed by atoms with Crippen LogP contribution in [0.4, 0.5) is 0 Å². The average Bonchev–Trinajstić information content (AvgIpc) is 2.80. The van der Waals surface area contributed by atoms with Gasteiger partial charge >= 0.3 is 6.01 Å². The molecule has 0 unspecified atom stereocenters. The first-order valence-corrected chi connectivity index (χ1v) is 6.52. The van der Waals surface area contributed by atoms with Gasteiger partial charge in [0.1, 0.15) is 0 Å². The number of ether oxygens (including phenoxy) is 1. The van der Waals surface area contributed by atoms with Crippen LogP contribution in [0.25, 0.3) is 16.9 Å². The summed E-state index contributed by atoms with van der Waals surface area (Å²) in [4.78, 5) is 12.3. The van der Waals surface area contributed by atoms with Crippen LogP contribution in [0.5, 0.6) is 6.01 Å². The zero-order chi connectivity index (χ0) is 14.1. The molecule has 0 amide bonds. The van der Waals surface area contributed by atoms with Crippen molar-refractivity contribution >= 4 is 22.5 Å². The number of para-hydroxylation sites is 1. The Morgan fingerprint density at radius 2 is 1.95 bits per heavy atom. The maximum Gasteiger partial charge on any atom is 0.322 e. The minimum Gasteiger partial charge on any atom is -0.461 e. The lowest BCUT2D eigenvalue weighted by molar-refractivity contribution is 0.221. The Labute approximate surface area is 120 Å². The van der Waals surface area contributed by atoms with Gasteiger partial charge in [-0.1, -0.05) is 18.2 Å². The molecule has 0 saturated heterocycles. The summed E-state index contributed by atoms with van der Waals surface area (Å²) in [6, 6.07) is 7.96. The highest BCUT2D eigenvalue weighted by atomic mass is 35.5. The van der Waals surface area contributed by atoms with Crippen LogP contribution < -0.4 is 4.74 Å². The summed E-state index contributed by atoms with van der Waals surface area (Å²) in [5.74, 6) is 0.335. The average molecular weight is 290 g/mol. The third-order valence-electron chi connectivity index (χ3n) is 2.58. The molecule has 7 heteroatoms. The van der Waals surface area contributed by atoms with E-state index in [-0.39, 0.29) is 17.4 Å². The van der Waals surface area contributed by atoms with Crippen LogP contribution in [0.3, 0.4) is 0 Å². The van der Waals surface area contributed by atoms with Crippen molar-refractivity contribution in [2.75, 3.05) is 0 Å². The van der Waals surface area contributed by atoms with Crippen molar-refractivity contribution in [2.45, 2.75) is 20.0 Å². The minimum absolute atomic E-state index is 0.0457. The van der Waals surface area contributed by atoms with Gasteiger partial charge in [-0.05, 0) is 31.5 Å². The normalized spacial score (nSPS) is 11.2. The first-order chi connectivity index (χ1) is 9.63.